The Morgan fingerprint density at radius 1 is 1.13 bits per heavy atom. The predicted octanol–water partition coefficient (Wildman–Crippen LogP) is 4.30. The second kappa shape index (κ2) is 5.39. The third-order valence-electron chi connectivity index (χ3n) is 4.18. The summed E-state index contributed by atoms with van der Waals surface area (Å²) in [6, 6.07) is 8.13. The Morgan fingerprint density at radius 2 is 1.87 bits per heavy atom. The summed E-state index contributed by atoms with van der Waals surface area (Å²) in [7, 11) is 0. The van der Waals surface area contributed by atoms with E-state index in [0.717, 1.165) is 16.8 Å². The van der Waals surface area contributed by atoms with Crippen molar-refractivity contribution in [3.05, 3.63) is 53.4 Å². The Hall–Kier alpha value is -2.33. The molecule has 0 fully saturated rings. The van der Waals surface area contributed by atoms with Crippen molar-refractivity contribution in [2.75, 3.05) is 5.32 Å². The minimum absolute atomic E-state index is 0.174. The number of phenols is 1. The lowest BCUT2D eigenvalue weighted by Gasteiger charge is -2.33. The molecule has 0 saturated carbocycles. The molecular weight excluding hydrogens is 293 g/mol. The van der Waals surface area contributed by atoms with Gasteiger partial charge in [0.2, 0.25) is 0 Å². The molecule has 3 rings (SSSR count). The highest BCUT2D eigenvalue weighted by Gasteiger charge is 2.26. The van der Waals surface area contributed by atoms with E-state index in [0.29, 0.717) is 16.7 Å². The Bertz CT molecular complexity index is 809. The number of aliphatic hydroxyl groups excluding tert-OH is 1. The van der Waals surface area contributed by atoms with E-state index >= 15 is 0 Å². The van der Waals surface area contributed by atoms with Crippen LogP contribution in [0.2, 0.25) is 0 Å². The molecule has 4 heteroatoms. The molecule has 1 heterocycles. The van der Waals surface area contributed by atoms with E-state index in [1.165, 1.54) is 6.07 Å². The highest BCUT2D eigenvalue weighted by molar-refractivity contribution is 5.88. The Kier molecular flexibility index (Phi) is 3.65. The van der Waals surface area contributed by atoms with Gasteiger partial charge in [-0.3, -0.25) is 0 Å². The first kappa shape index (κ1) is 15.6. The highest BCUT2D eigenvalue weighted by Crippen LogP contribution is 2.42. The van der Waals surface area contributed by atoms with Crippen molar-refractivity contribution in [1.82, 2.24) is 0 Å². The molecule has 0 saturated heterocycles. The Morgan fingerprint density at radius 3 is 2.57 bits per heavy atom. The molecule has 0 unspecified atom stereocenters. The van der Waals surface area contributed by atoms with Crippen LogP contribution in [0, 0.1) is 5.82 Å². The topological polar surface area (TPSA) is 52.5 Å². The number of aromatic hydroxyl groups is 1. The fourth-order valence-electron chi connectivity index (χ4n) is 3.35. The van der Waals surface area contributed by atoms with Gasteiger partial charge < -0.3 is 15.5 Å². The highest BCUT2D eigenvalue weighted by atomic mass is 19.1. The fraction of sp³-hybridized carbons (Fsp3) is 0.263. The molecule has 2 aromatic rings. The van der Waals surface area contributed by atoms with Crippen LogP contribution in [0.15, 0.2) is 36.4 Å². The van der Waals surface area contributed by atoms with E-state index in [1.807, 2.05) is 13.0 Å². The van der Waals surface area contributed by atoms with E-state index < -0.39 is 11.6 Å². The standard InChI is InChI=1S/C19H20FNO2/c1-11-9-19(2,3)21-16-8-7-12(14(10-22)17(11)16)13-5-4-6-15(20)18(13)23/h4-9,21-23H,10H2,1-3H3. The number of phenolic OH excluding ortho intramolecular Hbond substituents is 1. The Balaban J connectivity index is 2.27. The summed E-state index contributed by atoms with van der Waals surface area (Å²) < 4.78 is 13.7. The van der Waals surface area contributed by atoms with Crippen LogP contribution in [0.3, 0.4) is 0 Å². The van der Waals surface area contributed by atoms with Crippen LogP contribution in [0.1, 0.15) is 31.9 Å². The average molecular weight is 313 g/mol. The molecule has 120 valence electrons. The summed E-state index contributed by atoms with van der Waals surface area (Å²) in [5.41, 5.74) is 4.41. The van der Waals surface area contributed by atoms with Crippen LogP contribution >= 0.6 is 0 Å². The third-order valence-corrected chi connectivity index (χ3v) is 4.18. The number of halogens is 1. The maximum atomic E-state index is 13.7. The fourth-order valence-corrected chi connectivity index (χ4v) is 3.35. The van der Waals surface area contributed by atoms with Gasteiger partial charge in [-0.1, -0.05) is 24.3 Å². The van der Waals surface area contributed by atoms with Gasteiger partial charge >= 0.3 is 0 Å². The van der Waals surface area contributed by atoms with Crippen molar-refractivity contribution >= 4 is 11.3 Å². The van der Waals surface area contributed by atoms with Crippen molar-refractivity contribution in [2.24, 2.45) is 0 Å². The minimum Gasteiger partial charge on any atom is -0.504 e. The van der Waals surface area contributed by atoms with Crippen molar-refractivity contribution in [3.63, 3.8) is 0 Å². The van der Waals surface area contributed by atoms with Gasteiger partial charge in [0.1, 0.15) is 0 Å². The van der Waals surface area contributed by atoms with Gasteiger partial charge in [0.15, 0.2) is 11.6 Å². The van der Waals surface area contributed by atoms with E-state index in [2.05, 4.69) is 25.2 Å². The summed E-state index contributed by atoms with van der Waals surface area (Å²) in [5.74, 6) is -1.07. The van der Waals surface area contributed by atoms with Gasteiger partial charge in [-0.2, -0.15) is 0 Å². The summed E-state index contributed by atoms with van der Waals surface area (Å²) in [6.07, 6.45) is 2.10. The number of allylic oxidation sites excluding steroid dienone is 1. The Labute approximate surface area is 135 Å². The van der Waals surface area contributed by atoms with E-state index in [9.17, 15) is 14.6 Å². The van der Waals surface area contributed by atoms with E-state index in [4.69, 9.17) is 0 Å². The lowest BCUT2D eigenvalue weighted by Crippen LogP contribution is -2.31. The average Bonchev–Trinajstić information content (AvgIpc) is 2.48. The maximum Gasteiger partial charge on any atom is 0.165 e. The molecule has 0 spiro atoms. The number of para-hydroxylation sites is 1. The van der Waals surface area contributed by atoms with Crippen molar-refractivity contribution in [1.29, 1.82) is 0 Å². The molecule has 0 amide bonds. The molecule has 0 aliphatic carbocycles. The SMILES string of the molecule is CC1=CC(C)(C)Nc2ccc(-c3cccc(F)c3O)c(CO)c21. The molecule has 3 nitrogen and oxygen atoms in total. The van der Waals surface area contributed by atoms with Crippen LogP contribution in [0.4, 0.5) is 10.1 Å². The predicted molar refractivity (Wildman–Crippen MR) is 90.8 cm³/mol. The molecule has 0 aromatic heterocycles. The lowest BCUT2D eigenvalue weighted by atomic mass is 9.85. The van der Waals surface area contributed by atoms with Crippen molar-refractivity contribution in [3.8, 4) is 16.9 Å². The zero-order valence-electron chi connectivity index (χ0n) is 13.4. The summed E-state index contributed by atoms with van der Waals surface area (Å²) in [6.45, 7) is 5.95. The van der Waals surface area contributed by atoms with Crippen LogP contribution < -0.4 is 5.32 Å². The normalized spacial score (nSPS) is 15.6. The summed E-state index contributed by atoms with van der Waals surface area (Å²) in [5, 5.41) is 23.4. The number of hydrogen-bond donors (Lipinski definition) is 3. The van der Waals surface area contributed by atoms with E-state index in [1.54, 1.807) is 18.2 Å². The summed E-state index contributed by atoms with van der Waals surface area (Å²) >= 11 is 0. The number of benzene rings is 2. The second-order valence-electron chi connectivity index (χ2n) is 6.48. The number of aliphatic hydroxyl groups is 1. The zero-order chi connectivity index (χ0) is 16.8. The first-order chi connectivity index (χ1) is 10.8. The van der Waals surface area contributed by atoms with Crippen molar-refractivity contribution in [2.45, 2.75) is 32.9 Å². The molecule has 2 aromatic carbocycles. The molecule has 0 radical (unpaired) electrons. The first-order valence-corrected chi connectivity index (χ1v) is 7.56. The molecular formula is C19H20FNO2. The number of fused-ring (bicyclic) bond motifs is 1. The van der Waals surface area contributed by atoms with Crippen LogP contribution in [0.5, 0.6) is 5.75 Å². The molecule has 0 atom stereocenters. The van der Waals surface area contributed by atoms with Gasteiger partial charge in [-0.15, -0.1) is 0 Å². The number of nitrogens with one attached hydrogen (secondary N) is 1. The first-order valence-electron chi connectivity index (χ1n) is 7.56. The van der Waals surface area contributed by atoms with Crippen LogP contribution in [-0.2, 0) is 6.61 Å². The number of rotatable bonds is 2. The zero-order valence-corrected chi connectivity index (χ0v) is 13.4. The monoisotopic (exact) mass is 313 g/mol. The molecule has 23 heavy (non-hydrogen) atoms. The quantitative estimate of drug-likeness (QED) is 0.775. The van der Waals surface area contributed by atoms with Gasteiger partial charge in [-0.05, 0) is 49.6 Å². The van der Waals surface area contributed by atoms with Gasteiger partial charge in [0.05, 0.1) is 12.1 Å². The van der Waals surface area contributed by atoms with Crippen LogP contribution in [-0.4, -0.2) is 15.8 Å². The van der Waals surface area contributed by atoms with Crippen molar-refractivity contribution < 1.29 is 14.6 Å². The second-order valence-corrected chi connectivity index (χ2v) is 6.48. The summed E-state index contributed by atoms with van der Waals surface area (Å²) in [4.78, 5) is 0. The van der Waals surface area contributed by atoms with Gasteiger partial charge in [0, 0.05) is 16.8 Å². The molecule has 0 bridgehead atoms. The molecule has 3 N–H and O–H groups in total. The maximum absolute atomic E-state index is 13.7. The largest absolute Gasteiger partial charge is 0.504 e. The van der Waals surface area contributed by atoms with E-state index in [-0.39, 0.29) is 12.1 Å². The van der Waals surface area contributed by atoms with Gasteiger partial charge in [0.25, 0.3) is 0 Å². The number of hydrogen-bond acceptors (Lipinski definition) is 3. The number of anilines is 1. The minimum atomic E-state index is -0.671. The van der Waals surface area contributed by atoms with Crippen LogP contribution in [0.25, 0.3) is 16.7 Å². The lowest BCUT2D eigenvalue weighted by molar-refractivity contribution is 0.282. The molecule has 1 aliphatic heterocycles. The smallest absolute Gasteiger partial charge is 0.165 e. The third kappa shape index (κ3) is 2.59. The van der Waals surface area contributed by atoms with Gasteiger partial charge in [-0.25, -0.2) is 4.39 Å². The molecule has 1 aliphatic rings.